The lowest BCUT2D eigenvalue weighted by Crippen LogP contribution is -2.14. The molecule has 0 aliphatic carbocycles. The summed E-state index contributed by atoms with van der Waals surface area (Å²) in [6.45, 7) is 4.38. The fraction of sp³-hybridized carbons (Fsp3) is 0.174. The number of anilines is 1. The highest BCUT2D eigenvalue weighted by Crippen LogP contribution is 2.26. The molecule has 0 aliphatic heterocycles. The molecule has 32 heavy (non-hydrogen) atoms. The van der Waals surface area contributed by atoms with Gasteiger partial charge in [0.25, 0.3) is 5.91 Å². The van der Waals surface area contributed by atoms with E-state index < -0.39 is 0 Å². The molecule has 4 rings (SSSR count). The normalized spacial score (nSPS) is 10.9. The number of ether oxygens (including phenoxy) is 1. The Morgan fingerprint density at radius 1 is 1.16 bits per heavy atom. The Hall–Kier alpha value is -3.65. The lowest BCUT2D eigenvalue weighted by Gasteiger charge is -2.10. The lowest BCUT2D eigenvalue weighted by molar-refractivity contribution is 0.102. The van der Waals surface area contributed by atoms with Crippen LogP contribution < -0.4 is 10.1 Å². The molecule has 4 aromatic rings. The van der Waals surface area contributed by atoms with Crippen LogP contribution in [0.5, 0.6) is 5.75 Å². The number of aromatic nitrogens is 4. The van der Waals surface area contributed by atoms with Gasteiger partial charge >= 0.3 is 0 Å². The average molecular weight is 454 g/mol. The first-order valence-electron chi connectivity index (χ1n) is 9.88. The van der Waals surface area contributed by atoms with Gasteiger partial charge in [-0.05, 0) is 60.9 Å². The number of hydrogen-bond acceptors (Lipinski definition) is 4. The van der Waals surface area contributed by atoms with Crippen molar-refractivity contribution in [3.8, 4) is 5.75 Å². The summed E-state index contributed by atoms with van der Waals surface area (Å²) in [6, 6.07) is 11.6. The highest BCUT2D eigenvalue weighted by atomic mass is 35.5. The molecule has 164 valence electrons. The van der Waals surface area contributed by atoms with Gasteiger partial charge in [-0.25, -0.2) is 9.07 Å². The van der Waals surface area contributed by atoms with Gasteiger partial charge in [-0.2, -0.15) is 10.2 Å². The molecule has 0 atom stereocenters. The van der Waals surface area contributed by atoms with Crippen molar-refractivity contribution in [1.29, 1.82) is 0 Å². The van der Waals surface area contributed by atoms with Crippen molar-refractivity contribution in [2.24, 2.45) is 0 Å². The van der Waals surface area contributed by atoms with Gasteiger partial charge in [0.15, 0.2) is 12.4 Å². The molecule has 0 saturated carbocycles. The molecule has 0 saturated heterocycles. The number of hydrogen-bond donors (Lipinski definition) is 1. The third kappa shape index (κ3) is 5.15. The maximum Gasteiger partial charge on any atom is 0.276 e. The lowest BCUT2D eigenvalue weighted by atomic mass is 10.1. The summed E-state index contributed by atoms with van der Waals surface area (Å²) < 4.78 is 22.2. The first-order chi connectivity index (χ1) is 15.4. The quantitative estimate of drug-likeness (QED) is 0.435. The van der Waals surface area contributed by atoms with E-state index in [1.165, 1.54) is 23.0 Å². The minimum Gasteiger partial charge on any atom is -0.471 e. The molecule has 2 aromatic carbocycles. The molecule has 0 spiro atoms. The van der Waals surface area contributed by atoms with E-state index >= 15 is 0 Å². The number of carbonyl (C=O) groups excluding carboxylic acids is 1. The molecule has 2 aromatic heterocycles. The highest BCUT2D eigenvalue weighted by Gasteiger charge is 2.12. The molecule has 1 N–H and O–H groups in total. The summed E-state index contributed by atoms with van der Waals surface area (Å²) in [6.07, 6.45) is 4.87. The number of nitrogens with zero attached hydrogens (tertiary/aromatic N) is 4. The fourth-order valence-electron chi connectivity index (χ4n) is 3.22. The SMILES string of the molecule is Cc1cc(OCn2ccc(C(=O)Nc3cnn(Cc4cccc(F)c4)c3)n2)cc(C)c1Cl. The van der Waals surface area contributed by atoms with Gasteiger partial charge in [0, 0.05) is 17.4 Å². The van der Waals surface area contributed by atoms with Gasteiger partial charge in [-0.15, -0.1) is 0 Å². The molecule has 0 aliphatic rings. The van der Waals surface area contributed by atoms with Gasteiger partial charge in [0.1, 0.15) is 11.6 Å². The molecule has 0 fully saturated rings. The molecule has 0 bridgehead atoms. The van der Waals surface area contributed by atoms with E-state index in [-0.39, 0.29) is 24.1 Å². The van der Waals surface area contributed by atoms with Crippen LogP contribution in [0.3, 0.4) is 0 Å². The zero-order chi connectivity index (χ0) is 22.7. The summed E-state index contributed by atoms with van der Waals surface area (Å²) in [5, 5.41) is 11.9. The second kappa shape index (κ2) is 9.23. The zero-order valence-corrected chi connectivity index (χ0v) is 18.3. The van der Waals surface area contributed by atoms with E-state index in [1.54, 1.807) is 29.2 Å². The number of carbonyl (C=O) groups is 1. The summed E-state index contributed by atoms with van der Waals surface area (Å²) in [4.78, 5) is 12.5. The van der Waals surface area contributed by atoms with Crippen LogP contribution in [0.25, 0.3) is 0 Å². The number of rotatable bonds is 7. The van der Waals surface area contributed by atoms with Crippen molar-refractivity contribution < 1.29 is 13.9 Å². The average Bonchev–Trinajstić information content (AvgIpc) is 3.40. The molecule has 2 heterocycles. The summed E-state index contributed by atoms with van der Waals surface area (Å²) in [7, 11) is 0. The van der Waals surface area contributed by atoms with Gasteiger partial charge in [-0.1, -0.05) is 23.7 Å². The molecule has 9 heteroatoms. The van der Waals surface area contributed by atoms with Crippen LogP contribution in [-0.2, 0) is 13.3 Å². The second-order valence-corrected chi connectivity index (χ2v) is 7.77. The van der Waals surface area contributed by atoms with E-state index in [0.29, 0.717) is 18.0 Å². The molecule has 1 amide bonds. The van der Waals surface area contributed by atoms with Crippen LogP contribution >= 0.6 is 11.6 Å². The largest absolute Gasteiger partial charge is 0.471 e. The first-order valence-corrected chi connectivity index (χ1v) is 10.3. The fourth-order valence-corrected chi connectivity index (χ4v) is 3.33. The van der Waals surface area contributed by atoms with Gasteiger partial charge < -0.3 is 10.1 Å². The van der Waals surface area contributed by atoms with Crippen LogP contribution in [0.1, 0.15) is 27.2 Å². The number of nitrogens with one attached hydrogen (secondary N) is 1. The summed E-state index contributed by atoms with van der Waals surface area (Å²) >= 11 is 6.18. The minimum absolute atomic E-state index is 0.152. The van der Waals surface area contributed by atoms with Crippen molar-refractivity contribution >= 4 is 23.2 Å². The van der Waals surface area contributed by atoms with Crippen LogP contribution in [0.15, 0.2) is 61.1 Å². The Morgan fingerprint density at radius 2 is 1.94 bits per heavy atom. The molecule has 7 nitrogen and oxygen atoms in total. The van der Waals surface area contributed by atoms with Crippen molar-refractivity contribution in [3.63, 3.8) is 0 Å². The minimum atomic E-state index is -0.368. The third-order valence-corrected chi connectivity index (χ3v) is 5.37. The molecule has 0 radical (unpaired) electrons. The van der Waals surface area contributed by atoms with Crippen LogP contribution in [0.2, 0.25) is 5.02 Å². The third-order valence-electron chi connectivity index (χ3n) is 4.77. The Kier molecular flexibility index (Phi) is 6.23. The topological polar surface area (TPSA) is 74.0 Å². The Labute approximate surface area is 189 Å². The number of benzene rings is 2. The van der Waals surface area contributed by atoms with Gasteiger partial charge in [0.05, 0.1) is 18.4 Å². The van der Waals surface area contributed by atoms with Crippen LogP contribution in [0, 0.1) is 19.7 Å². The molecular weight excluding hydrogens is 433 g/mol. The van der Waals surface area contributed by atoms with E-state index in [9.17, 15) is 9.18 Å². The Morgan fingerprint density at radius 3 is 2.69 bits per heavy atom. The Balaban J connectivity index is 1.34. The van der Waals surface area contributed by atoms with Crippen LogP contribution in [-0.4, -0.2) is 25.5 Å². The maximum absolute atomic E-state index is 13.3. The van der Waals surface area contributed by atoms with E-state index in [4.69, 9.17) is 16.3 Å². The second-order valence-electron chi connectivity index (χ2n) is 7.40. The highest BCUT2D eigenvalue weighted by molar-refractivity contribution is 6.32. The summed E-state index contributed by atoms with van der Waals surface area (Å²) in [5.41, 5.74) is 3.40. The number of halogens is 2. The van der Waals surface area contributed by atoms with Gasteiger partial charge in [0.2, 0.25) is 0 Å². The van der Waals surface area contributed by atoms with Crippen molar-refractivity contribution in [2.75, 3.05) is 5.32 Å². The van der Waals surface area contributed by atoms with E-state index in [0.717, 1.165) is 21.7 Å². The summed E-state index contributed by atoms with van der Waals surface area (Å²) in [5.74, 6) is 0.00734. The van der Waals surface area contributed by atoms with Crippen molar-refractivity contribution in [2.45, 2.75) is 27.1 Å². The monoisotopic (exact) mass is 453 g/mol. The van der Waals surface area contributed by atoms with Gasteiger partial charge in [-0.3, -0.25) is 9.48 Å². The molecule has 0 unspecified atom stereocenters. The molecular formula is C23H21ClFN5O2. The first kappa shape index (κ1) is 21.6. The maximum atomic E-state index is 13.3. The van der Waals surface area contributed by atoms with Crippen molar-refractivity contribution in [3.05, 3.63) is 94.3 Å². The van der Waals surface area contributed by atoms with E-state index in [1.807, 2.05) is 32.0 Å². The predicted molar refractivity (Wildman–Crippen MR) is 119 cm³/mol. The van der Waals surface area contributed by atoms with E-state index in [2.05, 4.69) is 15.5 Å². The van der Waals surface area contributed by atoms with Crippen LogP contribution in [0.4, 0.5) is 10.1 Å². The Bertz CT molecular complexity index is 1240. The smallest absolute Gasteiger partial charge is 0.276 e. The number of aryl methyl sites for hydroxylation is 2. The number of amides is 1. The predicted octanol–water partition coefficient (Wildman–Crippen LogP) is 4.83. The van der Waals surface area contributed by atoms with Crippen molar-refractivity contribution in [1.82, 2.24) is 19.6 Å². The zero-order valence-electron chi connectivity index (χ0n) is 17.5. The standard InChI is InChI=1S/C23H21ClFN5O2/c1-15-8-20(9-16(2)22(15)24)32-14-29-7-6-21(28-29)23(31)27-19-11-26-30(13-19)12-17-4-3-5-18(25)10-17/h3-11,13H,12,14H2,1-2H3,(H,27,31).